The van der Waals surface area contributed by atoms with Crippen molar-refractivity contribution in [1.82, 2.24) is 0 Å². The molecule has 0 bridgehead atoms. The van der Waals surface area contributed by atoms with Gasteiger partial charge in [-0.05, 0) is 31.7 Å². The van der Waals surface area contributed by atoms with Gasteiger partial charge in [-0.1, -0.05) is 25.7 Å². The predicted octanol–water partition coefficient (Wildman–Crippen LogP) is 2.32. The van der Waals surface area contributed by atoms with Gasteiger partial charge >= 0.3 is 0 Å². The Morgan fingerprint density at radius 1 is 1.23 bits per heavy atom. The average molecular weight is 185 g/mol. The van der Waals surface area contributed by atoms with Crippen LogP contribution in [-0.4, -0.2) is 19.8 Å². The molecule has 0 aromatic heterocycles. The maximum Gasteiger partial charge on any atom is 0.0611 e. The maximum atomic E-state index is 5.57. The van der Waals surface area contributed by atoms with Crippen molar-refractivity contribution in [3.05, 3.63) is 0 Å². The highest BCUT2D eigenvalue weighted by molar-refractivity contribution is 4.73. The van der Waals surface area contributed by atoms with Gasteiger partial charge in [-0.25, -0.2) is 0 Å². The standard InChI is InChI=1S/C11H23NO/c1-13-11(8-9-12)10-6-4-2-3-5-7-10/h10-11H,2-9,12H2,1H3/t11-/m1/s1. The molecule has 1 aliphatic carbocycles. The lowest BCUT2D eigenvalue weighted by Crippen LogP contribution is -2.25. The first-order valence-electron chi connectivity index (χ1n) is 5.61. The van der Waals surface area contributed by atoms with Gasteiger partial charge in [0, 0.05) is 7.11 Å². The van der Waals surface area contributed by atoms with Crippen molar-refractivity contribution in [3.8, 4) is 0 Å². The summed E-state index contributed by atoms with van der Waals surface area (Å²) >= 11 is 0. The summed E-state index contributed by atoms with van der Waals surface area (Å²) in [5.74, 6) is 0.774. The van der Waals surface area contributed by atoms with Crippen LogP contribution in [0.5, 0.6) is 0 Å². The second kappa shape index (κ2) is 6.39. The number of ether oxygens (including phenoxy) is 1. The average Bonchev–Trinajstić information content (AvgIpc) is 2.42. The number of rotatable bonds is 4. The van der Waals surface area contributed by atoms with Crippen molar-refractivity contribution in [2.24, 2.45) is 11.7 Å². The number of hydrogen-bond donors (Lipinski definition) is 1. The molecule has 78 valence electrons. The molecule has 13 heavy (non-hydrogen) atoms. The van der Waals surface area contributed by atoms with Crippen molar-refractivity contribution in [1.29, 1.82) is 0 Å². The third-order valence-electron chi connectivity index (χ3n) is 3.18. The summed E-state index contributed by atoms with van der Waals surface area (Å²) in [4.78, 5) is 0. The highest BCUT2D eigenvalue weighted by Gasteiger charge is 2.21. The Kier molecular flexibility index (Phi) is 5.40. The first-order valence-corrected chi connectivity index (χ1v) is 5.61. The first kappa shape index (κ1) is 11.0. The van der Waals surface area contributed by atoms with E-state index in [1.165, 1.54) is 38.5 Å². The summed E-state index contributed by atoms with van der Waals surface area (Å²) in [6, 6.07) is 0. The molecule has 0 aromatic rings. The van der Waals surface area contributed by atoms with Crippen LogP contribution in [0.15, 0.2) is 0 Å². The monoisotopic (exact) mass is 185 g/mol. The Morgan fingerprint density at radius 3 is 2.31 bits per heavy atom. The molecule has 1 atom stereocenters. The Hall–Kier alpha value is -0.0800. The highest BCUT2D eigenvalue weighted by atomic mass is 16.5. The lowest BCUT2D eigenvalue weighted by Gasteiger charge is -2.24. The molecular formula is C11H23NO. The Balaban J connectivity index is 2.35. The van der Waals surface area contributed by atoms with Gasteiger partial charge in [0.1, 0.15) is 0 Å². The minimum Gasteiger partial charge on any atom is -0.381 e. The van der Waals surface area contributed by atoms with E-state index in [2.05, 4.69) is 0 Å². The van der Waals surface area contributed by atoms with E-state index >= 15 is 0 Å². The molecule has 0 saturated heterocycles. The fourth-order valence-electron chi connectivity index (χ4n) is 2.39. The van der Waals surface area contributed by atoms with E-state index in [0.717, 1.165) is 18.9 Å². The van der Waals surface area contributed by atoms with Gasteiger partial charge in [0.15, 0.2) is 0 Å². The van der Waals surface area contributed by atoms with E-state index < -0.39 is 0 Å². The van der Waals surface area contributed by atoms with Gasteiger partial charge in [-0.3, -0.25) is 0 Å². The minimum atomic E-state index is 0.420. The largest absolute Gasteiger partial charge is 0.381 e. The third kappa shape index (κ3) is 3.65. The van der Waals surface area contributed by atoms with E-state index in [0.29, 0.717) is 6.10 Å². The van der Waals surface area contributed by atoms with Gasteiger partial charge in [0.2, 0.25) is 0 Å². The lowest BCUT2D eigenvalue weighted by molar-refractivity contribution is 0.0411. The molecule has 1 fully saturated rings. The molecule has 2 nitrogen and oxygen atoms in total. The topological polar surface area (TPSA) is 35.2 Å². The van der Waals surface area contributed by atoms with Crippen LogP contribution in [0.4, 0.5) is 0 Å². The van der Waals surface area contributed by atoms with E-state index in [1.54, 1.807) is 0 Å². The van der Waals surface area contributed by atoms with E-state index in [1.807, 2.05) is 7.11 Å². The second-order valence-electron chi connectivity index (χ2n) is 4.10. The van der Waals surface area contributed by atoms with Gasteiger partial charge < -0.3 is 10.5 Å². The normalized spacial score (nSPS) is 22.6. The molecule has 0 aliphatic heterocycles. The molecule has 1 saturated carbocycles. The predicted molar refractivity (Wildman–Crippen MR) is 55.7 cm³/mol. The molecule has 0 amide bonds. The van der Waals surface area contributed by atoms with Gasteiger partial charge in [-0.15, -0.1) is 0 Å². The zero-order valence-corrected chi connectivity index (χ0v) is 8.80. The van der Waals surface area contributed by atoms with E-state index in [9.17, 15) is 0 Å². The summed E-state index contributed by atoms with van der Waals surface area (Å²) < 4.78 is 5.51. The summed E-state index contributed by atoms with van der Waals surface area (Å²) in [6.07, 6.45) is 9.73. The van der Waals surface area contributed by atoms with Crippen molar-refractivity contribution in [2.75, 3.05) is 13.7 Å². The molecule has 0 unspecified atom stereocenters. The van der Waals surface area contributed by atoms with Crippen molar-refractivity contribution < 1.29 is 4.74 Å². The fraction of sp³-hybridized carbons (Fsp3) is 1.00. The third-order valence-corrected chi connectivity index (χ3v) is 3.18. The van der Waals surface area contributed by atoms with Gasteiger partial charge in [-0.2, -0.15) is 0 Å². The molecule has 2 heteroatoms. The zero-order valence-electron chi connectivity index (χ0n) is 8.80. The second-order valence-corrected chi connectivity index (χ2v) is 4.10. The van der Waals surface area contributed by atoms with Crippen molar-refractivity contribution in [2.45, 2.75) is 51.0 Å². The molecule has 1 rings (SSSR count). The molecule has 1 aliphatic rings. The Morgan fingerprint density at radius 2 is 1.85 bits per heavy atom. The lowest BCUT2D eigenvalue weighted by atomic mass is 9.92. The number of hydrogen-bond acceptors (Lipinski definition) is 2. The SMILES string of the molecule is CO[C@H](CCN)C1CCCCCC1. The Bertz CT molecular complexity index is 119. The molecular weight excluding hydrogens is 162 g/mol. The molecule has 2 N–H and O–H groups in total. The van der Waals surface area contributed by atoms with Gasteiger partial charge in [0.25, 0.3) is 0 Å². The van der Waals surface area contributed by atoms with Crippen LogP contribution in [0.25, 0.3) is 0 Å². The van der Waals surface area contributed by atoms with Crippen LogP contribution in [0.2, 0.25) is 0 Å². The van der Waals surface area contributed by atoms with Crippen LogP contribution in [-0.2, 0) is 4.74 Å². The van der Waals surface area contributed by atoms with Crippen LogP contribution in [0, 0.1) is 5.92 Å². The Labute approximate surface area is 81.8 Å². The van der Waals surface area contributed by atoms with E-state index in [-0.39, 0.29) is 0 Å². The van der Waals surface area contributed by atoms with Gasteiger partial charge in [0.05, 0.1) is 6.10 Å². The van der Waals surface area contributed by atoms with Crippen LogP contribution >= 0.6 is 0 Å². The van der Waals surface area contributed by atoms with Crippen LogP contribution < -0.4 is 5.73 Å². The minimum absolute atomic E-state index is 0.420. The van der Waals surface area contributed by atoms with E-state index in [4.69, 9.17) is 10.5 Å². The molecule has 0 aromatic carbocycles. The highest BCUT2D eigenvalue weighted by Crippen LogP contribution is 2.27. The van der Waals surface area contributed by atoms with Crippen molar-refractivity contribution in [3.63, 3.8) is 0 Å². The van der Waals surface area contributed by atoms with Crippen LogP contribution in [0.1, 0.15) is 44.9 Å². The zero-order chi connectivity index (χ0) is 9.52. The summed E-state index contributed by atoms with van der Waals surface area (Å²) in [5.41, 5.74) is 5.57. The quantitative estimate of drug-likeness (QED) is 0.682. The van der Waals surface area contributed by atoms with Crippen LogP contribution in [0.3, 0.4) is 0 Å². The summed E-state index contributed by atoms with van der Waals surface area (Å²) in [7, 11) is 1.82. The van der Waals surface area contributed by atoms with Crippen molar-refractivity contribution >= 4 is 0 Å². The number of nitrogens with two attached hydrogens (primary N) is 1. The fourth-order valence-corrected chi connectivity index (χ4v) is 2.39. The molecule has 0 heterocycles. The first-order chi connectivity index (χ1) is 6.38. The summed E-state index contributed by atoms with van der Waals surface area (Å²) in [6.45, 7) is 0.759. The molecule has 0 radical (unpaired) electrons. The number of methoxy groups -OCH3 is 1. The maximum absolute atomic E-state index is 5.57. The molecule has 0 spiro atoms. The summed E-state index contributed by atoms with van der Waals surface area (Å²) in [5, 5.41) is 0. The smallest absolute Gasteiger partial charge is 0.0611 e.